The summed E-state index contributed by atoms with van der Waals surface area (Å²) in [5.74, 6) is -1.37. The first kappa shape index (κ1) is 15.2. The Kier molecular flexibility index (Phi) is 5.36. The summed E-state index contributed by atoms with van der Waals surface area (Å²) in [6, 6.07) is 6.64. The highest BCUT2D eigenvalue weighted by atomic mass is 127. The van der Waals surface area contributed by atoms with Crippen LogP contribution in [0.15, 0.2) is 24.3 Å². The van der Waals surface area contributed by atoms with Gasteiger partial charge in [0.15, 0.2) is 0 Å². The van der Waals surface area contributed by atoms with Crippen molar-refractivity contribution in [2.75, 3.05) is 6.61 Å². The number of carbonyl (C=O) groups is 2. The Morgan fingerprint density at radius 1 is 1.40 bits per heavy atom. The van der Waals surface area contributed by atoms with Crippen molar-refractivity contribution in [3.63, 3.8) is 0 Å². The molecule has 0 radical (unpaired) electrons. The van der Waals surface area contributed by atoms with Crippen molar-refractivity contribution in [3.05, 3.63) is 33.4 Å². The van der Waals surface area contributed by atoms with E-state index in [0.29, 0.717) is 13.0 Å². The predicted octanol–water partition coefficient (Wildman–Crippen LogP) is 1.58. The number of halogens is 1. The maximum absolute atomic E-state index is 11.9. The molecule has 0 spiro atoms. The zero-order valence-corrected chi connectivity index (χ0v) is 13.0. The monoisotopic (exact) mass is 389 g/mol. The molecule has 1 aliphatic rings. The highest BCUT2D eigenvalue weighted by molar-refractivity contribution is 14.1. The molecule has 6 heteroatoms. The third-order valence-electron chi connectivity index (χ3n) is 3.19. The first-order valence-corrected chi connectivity index (χ1v) is 7.53. The lowest BCUT2D eigenvalue weighted by Gasteiger charge is -2.17. The molecule has 1 heterocycles. The number of hydrogen-bond donors (Lipinski definition) is 2. The van der Waals surface area contributed by atoms with Crippen LogP contribution >= 0.6 is 22.6 Å². The number of rotatable bonds is 5. The fourth-order valence-corrected chi connectivity index (χ4v) is 2.46. The minimum absolute atomic E-state index is 0.269. The van der Waals surface area contributed by atoms with E-state index in [4.69, 9.17) is 4.74 Å². The maximum Gasteiger partial charge on any atom is 0.326 e. The molecule has 1 saturated heterocycles. The third-order valence-corrected chi connectivity index (χ3v) is 3.91. The van der Waals surface area contributed by atoms with Gasteiger partial charge in [-0.25, -0.2) is 4.79 Å². The highest BCUT2D eigenvalue weighted by Crippen LogP contribution is 2.13. The van der Waals surface area contributed by atoms with Gasteiger partial charge in [-0.15, -0.1) is 0 Å². The van der Waals surface area contributed by atoms with Crippen LogP contribution < -0.4 is 5.32 Å². The number of amides is 1. The fourth-order valence-electron chi connectivity index (χ4n) is 2.11. The summed E-state index contributed by atoms with van der Waals surface area (Å²) in [5, 5.41) is 11.8. The van der Waals surface area contributed by atoms with Crippen LogP contribution in [0.5, 0.6) is 0 Å². The smallest absolute Gasteiger partial charge is 0.326 e. The van der Waals surface area contributed by atoms with Crippen LogP contribution in [-0.4, -0.2) is 35.7 Å². The Morgan fingerprint density at radius 3 is 2.65 bits per heavy atom. The molecule has 1 aromatic carbocycles. The van der Waals surface area contributed by atoms with Crippen LogP contribution in [-0.2, 0) is 20.7 Å². The van der Waals surface area contributed by atoms with E-state index >= 15 is 0 Å². The zero-order valence-electron chi connectivity index (χ0n) is 10.8. The molecule has 0 bridgehead atoms. The zero-order chi connectivity index (χ0) is 14.5. The maximum atomic E-state index is 11.9. The first-order valence-electron chi connectivity index (χ1n) is 6.45. The number of benzene rings is 1. The van der Waals surface area contributed by atoms with Crippen LogP contribution in [0.3, 0.4) is 0 Å². The molecule has 0 unspecified atom stereocenters. The van der Waals surface area contributed by atoms with E-state index in [1.165, 1.54) is 0 Å². The Morgan fingerprint density at radius 2 is 2.10 bits per heavy atom. The lowest BCUT2D eigenvalue weighted by Crippen LogP contribution is -2.46. The number of nitrogens with one attached hydrogen (secondary N) is 1. The normalized spacial score (nSPS) is 19.6. The van der Waals surface area contributed by atoms with E-state index in [1.54, 1.807) is 0 Å². The van der Waals surface area contributed by atoms with Crippen LogP contribution in [0.1, 0.15) is 18.4 Å². The molecule has 2 rings (SSSR count). The molecule has 1 fully saturated rings. The van der Waals surface area contributed by atoms with E-state index in [-0.39, 0.29) is 12.3 Å². The van der Waals surface area contributed by atoms with Gasteiger partial charge in [0.1, 0.15) is 12.1 Å². The van der Waals surface area contributed by atoms with E-state index in [0.717, 1.165) is 15.6 Å². The van der Waals surface area contributed by atoms with Crippen molar-refractivity contribution >= 4 is 34.5 Å². The first-order chi connectivity index (χ1) is 9.56. The fraction of sp³-hybridized carbons (Fsp3) is 0.429. The van der Waals surface area contributed by atoms with E-state index in [1.807, 2.05) is 24.3 Å². The molecular weight excluding hydrogens is 373 g/mol. The van der Waals surface area contributed by atoms with Crippen molar-refractivity contribution in [2.24, 2.45) is 0 Å². The predicted molar refractivity (Wildman–Crippen MR) is 81.4 cm³/mol. The van der Waals surface area contributed by atoms with E-state index in [9.17, 15) is 14.7 Å². The van der Waals surface area contributed by atoms with Crippen molar-refractivity contribution in [3.8, 4) is 0 Å². The van der Waals surface area contributed by atoms with Gasteiger partial charge in [-0.05, 0) is 53.1 Å². The molecule has 20 heavy (non-hydrogen) atoms. The number of carboxylic acid groups (broad SMARTS) is 1. The quantitative estimate of drug-likeness (QED) is 0.750. The summed E-state index contributed by atoms with van der Waals surface area (Å²) < 4.78 is 6.34. The van der Waals surface area contributed by atoms with Crippen molar-refractivity contribution in [1.29, 1.82) is 0 Å². The van der Waals surface area contributed by atoms with Crippen LogP contribution in [0.4, 0.5) is 0 Å². The van der Waals surface area contributed by atoms with Gasteiger partial charge in [0.25, 0.3) is 0 Å². The topological polar surface area (TPSA) is 75.6 Å². The molecule has 1 aromatic rings. The Labute approximate surface area is 130 Å². The molecule has 0 aliphatic carbocycles. The number of ether oxygens (including phenoxy) is 1. The van der Waals surface area contributed by atoms with Gasteiger partial charge >= 0.3 is 5.97 Å². The number of hydrogen-bond acceptors (Lipinski definition) is 3. The number of carboxylic acids is 1. The number of carbonyl (C=O) groups excluding carboxylic acids is 1. The SMILES string of the molecule is O=C(N[C@H](Cc1ccc(I)cc1)C(=O)O)[C@@H]1CCCO1. The van der Waals surface area contributed by atoms with E-state index < -0.39 is 18.1 Å². The molecule has 108 valence electrons. The molecular formula is C14H16INO4. The molecule has 0 aromatic heterocycles. The Hall–Kier alpha value is -1.15. The lowest BCUT2D eigenvalue weighted by atomic mass is 10.1. The second-order valence-corrected chi connectivity index (χ2v) is 5.98. The van der Waals surface area contributed by atoms with Gasteiger partial charge in [0.2, 0.25) is 5.91 Å². The standard InChI is InChI=1S/C14H16INO4/c15-10-5-3-9(4-6-10)8-11(14(18)19)16-13(17)12-2-1-7-20-12/h3-6,11-12H,1-2,7-8H2,(H,16,17)(H,18,19)/t11-,12+/m1/s1. The largest absolute Gasteiger partial charge is 0.480 e. The van der Waals surface area contributed by atoms with Gasteiger partial charge in [-0.3, -0.25) is 4.79 Å². The second-order valence-electron chi connectivity index (χ2n) is 4.73. The van der Waals surface area contributed by atoms with Gasteiger partial charge < -0.3 is 15.2 Å². The van der Waals surface area contributed by atoms with Crippen molar-refractivity contribution < 1.29 is 19.4 Å². The summed E-state index contributed by atoms with van der Waals surface area (Å²) in [6.07, 6.45) is 1.26. The third kappa shape index (κ3) is 4.17. The molecule has 0 saturated carbocycles. The van der Waals surface area contributed by atoms with Gasteiger partial charge in [0.05, 0.1) is 0 Å². The van der Waals surface area contributed by atoms with Crippen LogP contribution in [0.25, 0.3) is 0 Å². The number of aliphatic carboxylic acids is 1. The summed E-state index contributed by atoms with van der Waals surface area (Å²) in [7, 11) is 0. The van der Waals surface area contributed by atoms with Crippen molar-refractivity contribution in [1.82, 2.24) is 5.32 Å². The summed E-state index contributed by atoms with van der Waals surface area (Å²) >= 11 is 2.19. The molecule has 2 N–H and O–H groups in total. The molecule has 1 aliphatic heterocycles. The van der Waals surface area contributed by atoms with Crippen molar-refractivity contribution in [2.45, 2.75) is 31.4 Å². The van der Waals surface area contributed by atoms with E-state index in [2.05, 4.69) is 27.9 Å². The highest BCUT2D eigenvalue weighted by Gasteiger charge is 2.28. The van der Waals surface area contributed by atoms with Gasteiger partial charge in [-0.1, -0.05) is 12.1 Å². The van der Waals surface area contributed by atoms with Gasteiger partial charge in [0, 0.05) is 16.6 Å². The average molecular weight is 389 g/mol. The minimum Gasteiger partial charge on any atom is -0.480 e. The minimum atomic E-state index is -1.03. The van der Waals surface area contributed by atoms with Crippen LogP contribution in [0.2, 0.25) is 0 Å². The summed E-state index contributed by atoms with van der Waals surface area (Å²) in [6.45, 7) is 0.562. The lowest BCUT2D eigenvalue weighted by molar-refractivity contribution is -0.143. The Bertz CT molecular complexity index is 482. The Balaban J connectivity index is 1.98. The summed E-state index contributed by atoms with van der Waals surface area (Å²) in [4.78, 5) is 23.2. The second kappa shape index (κ2) is 7.03. The molecule has 2 atom stereocenters. The van der Waals surface area contributed by atoms with Gasteiger partial charge in [-0.2, -0.15) is 0 Å². The molecule has 5 nitrogen and oxygen atoms in total. The molecule has 1 amide bonds. The van der Waals surface area contributed by atoms with Crippen LogP contribution in [0, 0.1) is 3.57 Å². The average Bonchev–Trinajstić information content (AvgIpc) is 2.94. The summed E-state index contributed by atoms with van der Waals surface area (Å²) in [5.41, 5.74) is 0.880.